The lowest BCUT2D eigenvalue weighted by Crippen LogP contribution is -2.28. The highest BCUT2D eigenvalue weighted by Crippen LogP contribution is 2.22. The Morgan fingerprint density at radius 3 is 2.71 bits per heavy atom. The van der Waals surface area contributed by atoms with Crippen LogP contribution in [0.1, 0.15) is 5.56 Å². The van der Waals surface area contributed by atoms with Gasteiger partial charge >= 0.3 is 0 Å². The quantitative estimate of drug-likeness (QED) is 0.809. The van der Waals surface area contributed by atoms with Crippen LogP contribution in [0.5, 0.6) is 0 Å². The van der Waals surface area contributed by atoms with Crippen LogP contribution in [0, 0.1) is 0 Å². The second-order valence-electron chi connectivity index (χ2n) is 3.54. The molecular formula is C11H10BrN3O2. The normalized spacial score (nSPS) is 10.4. The molecule has 0 saturated heterocycles. The Hall–Kier alpha value is -1.82. The highest BCUT2D eigenvalue weighted by molar-refractivity contribution is 9.10. The van der Waals surface area contributed by atoms with Crippen molar-refractivity contribution in [3.05, 3.63) is 61.1 Å². The molecule has 1 aromatic heterocycles. The van der Waals surface area contributed by atoms with Gasteiger partial charge in [0.1, 0.15) is 0 Å². The first-order chi connectivity index (χ1) is 8.08. The van der Waals surface area contributed by atoms with Gasteiger partial charge < -0.3 is 5.73 Å². The van der Waals surface area contributed by atoms with Crippen LogP contribution in [0.4, 0.5) is 5.69 Å². The predicted molar refractivity (Wildman–Crippen MR) is 69.0 cm³/mol. The van der Waals surface area contributed by atoms with E-state index in [0.29, 0.717) is 5.69 Å². The van der Waals surface area contributed by atoms with Gasteiger partial charge in [0.25, 0.3) is 11.1 Å². The summed E-state index contributed by atoms with van der Waals surface area (Å²) in [5.41, 5.74) is 6.54. The Morgan fingerprint density at radius 1 is 1.24 bits per heavy atom. The summed E-state index contributed by atoms with van der Waals surface area (Å²) in [6, 6.07) is 7.80. The van der Waals surface area contributed by atoms with Gasteiger partial charge in [0.2, 0.25) is 0 Å². The van der Waals surface area contributed by atoms with E-state index in [0.717, 1.165) is 10.0 Å². The average Bonchev–Trinajstić information content (AvgIpc) is 2.28. The minimum Gasteiger partial charge on any atom is -0.398 e. The van der Waals surface area contributed by atoms with Crippen molar-refractivity contribution in [2.24, 2.45) is 0 Å². The molecule has 0 amide bonds. The highest BCUT2D eigenvalue weighted by Gasteiger charge is 2.06. The molecule has 1 aromatic carbocycles. The van der Waals surface area contributed by atoms with Gasteiger partial charge in [0.15, 0.2) is 0 Å². The van der Waals surface area contributed by atoms with Crippen molar-refractivity contribution in [1.29, 1.82) is 0 Å². The molecule has 0 aliphatic heterocycles. The summed E-state index contributed by atoms with van der Waals surface area (Å²) in [5, 5.41) is 2.45. The summed E-state index contributed by atoms with van der Waals surface area (Å²) in [6.45, 7) is 0.224. The summed E-state index contributed by atoms with van der Waals surface area (Å²) in [6.07, 6.45) is 0. The third-order valence-corrected chi connectivity index (χ3v) is 3.10. The molecule has 0 bridgehead atoms. The van der Waals surface area contributed by atoms with Crippen LogP contribution in [0.15, 0.2) is 44.4 Å². The van der Waals surface area contributed by atoms with Gasteiger partial charge in [-0.1, -0.05) is 22.0 Å². The second-order valence-corrected chi connectivity index (χ2v) is 4.40. The number of hydrogen-bond acceptors (Lipinski definition) is 3. The number of benzene rings is 1. The fraction of sp³-hybridized carbons (Fsp3) is 0.0909. The van der Waals surface area contributed by atoms with Gasteiger partial charge in [-0.25, -0.2) is 4.68 Å². The van der Waals surface area contributed by atoms with Crippen molar-refractivity contribution < 1.29 is 0 Å². The van der Waals surface area contributed by atoms with Gasteiger partial charge in [0.05, 0.1) is 6.54 Å². The smallest absolute Gasteiger partial charge is 0.265 e. The Balaban J connectivity index is 2.48. The molecule has 0 spiro atoms. The molecule has 6 heteroatoms. The van der Waals surface area contributed by atoms with E-state index in [1.54, 1.807) is 12.1 Å². The van der Waals surface area contributed by atoms with Gasteiger partial charge in [0, 0.05) is 27.9 Å². The van der Waals surface area contributed by atoms with Gasteiger partial charge in [-0.3, -0.25) is 14.7 Å². The third-order valence-electron chi connectivity index (χ3n) is 2.36. The molecule has 0 radical (unpaired) electrons. The number of rotatable bonds is 2. The van der Waals surface area contributed by atoms with Crippen LogP contribution in [0.25, 0.3) is 0 Å². The maximum Gasteiger partial charge on any atom is 0.265 e. The van der Waals surface area contributed by atoms with Crippen LogP contribution >= 0.6 is 15.9 Å². The summed E-state index contributed by atoms with van der Waals surface area (Å²) in [5.74, 6) is 0. The topological polar surface area (TPSA) is 80.9 Å². The van der Waals surface area contributed by atoms with Crippen molar-refractivity contribution >= 4 is 21.6 Å². The van der Waals surface area contributed by atoms with E-state index >= 15 is 0 Å². The molecule has 1 heterocycles. The SMILES string of the molecule is Nc1cccc(Br)c1Cn1[nH]c(=O)ccc1=O. The zero-order chi connectivity index (χ0) is 12.4. The molecule has 0 atom stereocenters. The molecule has 2 rings (SSSR count). The number of halogens is 1. The minimum absolute atomic E-state index is 0.224. The minimum atomic E-state index is -0.324. The number of aromatic nitrogens is 2. The summed E-state index contributed by atoms with van der Waals surface area (Å²) in [7, 11) is 0. The van der Waals surface area contributed by atoms with E-state index in [1.807, 2.05) is 6.07 Å². The zero-order valence-corrected chi connectivity index (χ0v) is 10.4. The Bertz CT molecular complexity index is 640. The number of nitrogens with two attached hydrogens (primary N) is 1. The number of nitrogens with one attached hydrogen (secondary N) is 1. The molecule has 2 aromatic rings. The fourth-order valence-corrected chi connectivity index (χ4v) is 1.99. The van der Waals surface area contributed by atoms with Crippen molar-refractivity contribution in [2.45, 2.75) is 6.54 Å². The molecule has 17 heavy (non-hydrogen) atoms. The Morgan fingerprint density at radius 2 is 2.00 bits per heavy atom. The van der Waals surface area contributed by atoms with Crippen LogP contribution in [-0.4, -0.2) is 9.78 Å². The third kappa shape index (κ3) is 2.47. The van der Waals surface area contributed by atoms with Crippen LogP contribution < -0.4 is 16.9 Å². The molecule has 88 valence electrons. The van der Waals surface area contributed by atoms with Gasteiger partial charge in [-0.15, -0.1) is 0 Å². The molecule has 0 saturated carbocycles. The lowest BCUT2D eigenvalue weighted by atomic mass is 10.2. The molecule has 5 nitrogen and oxygen atoms in total. The maximum absolute atomic E-state index is 11.5. The predicted octanol–water partition coefficient (Wildman–Crippen LogP) is 0.930. The van der Waals surface area contributed by atoms with Crippen molar-refractivity contribution in [3.8, 4) is 0 Å². The first-order valence-electron chi connectivity index (χ1n) is 4.91. The number of nitrogen functional groups attached to an aromatic ring is 1. The van der Waals surface area contributed by atoms with Crippen LogP contribution in [-0.2, 0) is 6.54 Å². The van der Waals surface area contributed by atoms with Gasteiger partial charge in [-0.05, 0) is 12.1 Å². The van der Waals surface area contributed by atoms with E-state index in [4.69, 9.17) is 5.73 Å². The van der Waals surface area contributed by atoms with Crippen LogP contribution in [0.3, 0.4) is 0 Å². The Labute approximate surface area is 105 Å². The number of H-pyrrole nitrogens is 1. The van der Waals surface area contributed by atoms with Crippen LogP contribution in [0.2, 0.25) is 0 Å². The summed E-state index contributed by atoms with van der Waals surface area (Å²) >= 11 is 3.36. The van der Waals surface area contributed by atoms with E-state index < -0.39 is 0 Å². The van der Waals surface area contributed by atoms with E-state index in [1.165, 1.54) is 16.8 Å². The highest BCUT2D eigenvalue weighted by atomic mass is 79.9. The Kier molecular flexibility index (Phi) is 3.14. The number of hydrogen-bond donors (Lipinski definition) is 2. The van der Waals surface area contributed by atoms with Crippen molar-refractivity contribution in [3.63, 3.8) is 0 Å². The monoisotopic (exact) mass is 295 g/mol. The molecule has 0 aliphatic rings. The average molecular weight is 296 g/mol. The van der Waals surface area contributed by atoms with E-state index in [2.05, 4.69) is 21.0 Å². The maximum atomic E-state index is 11.5. The largest absolute Gasteiger partial charge is 0.398 e. The molecule has 0 unspecified atom stereocenters. The first-order valence-corrected chi connectivity index (χ1v) is 5.70. The van der Waals surface area contributed by atoms with Gasteiger partial charge in [-0.2, -0.15) is 0 Å². The molecule has 0 fully saturated rings. The lowest BCUT2D eigenvalue weighted by molar-refractivity contribution is 0.627. The standard InChI is InChI=1S/C11H10BrN3O2/c12-8-2-1-3-9(13)7(8)6-15-11(17)5-4-10(16)14-15/h1-5H,6,13H2,(H,14,16). The lowest BCUT2D eigenvalue weighted by Gasteiger charge is -2.09. The first kappa shape index (κ1) is 11.7. The summed E-state index contributed by atoms with van der Waals surface area (Å²) in [4.78, 5) is 22.7. The zero-order valence-electron chi connectivity index (χ0n) is 8.81. The summed E-state index contributed by atoms with van der Waals surface area (Å²) < 4.78 is 2.02. The van der Waals surface area contributed by atoms with Crippen molar-refractivity contribution in [1.82, 2.24) is 9.78 Å². The second kappa shape index (κ2) is 4.58. The molecular weight excluding hydrogens is 286 g/mol. The van der Waals surface area contributed by atoms with E-state index in [-0.39, 0.29) is 17.7 Å². The van der Waals surface area contributed by atoms with Crippen molar-refractivity contribution in [2.75, 3.05) is 5.73 Å². The molecule has 0 aliphatic carbocycles. The molecule has 3 N–H and O–H groups in total. The van der Waals surface area contributed by atoms with E-state index in [9.17, 15) is 9.59 Å². The number of nitrogens with zero attached hydrogens (tertiary/aromatic N) is 1. The fourth-order valence-electron chi connectivity index (χ4n) is 1.48. The number of anilines is 1. The number of aromatic amines is 1.